The predicted octanol–water partition coefficient (Wildman–Crippen LogP) is 3.30. The van der Waals surface area contributed by atoms with Gasteiger partial charge in [0.2, 0.25) is 5.91 Å². The SMILES string of the molecule is O=C(CNc1nc2ccccc2s1)N1CCc2ccccc21. The lowest BCUT2D eigenvalue weighted by atomic mass is 10.2. The van der Waals surface area contributed by atoms with Crippen molar-refractivity contribution >= 4 is 38.3 Å². The van der Waals surface area contributed by atoms with Gasteiger partial charge in [0.15, 0.2) is 5.13 Å². The molecule has 2 aromatic carbocycles. The van der Waals surface area contributed by atoms with Crippen LogP contribution in [0.4, 0.5) is 10.8 Å². The number of rotatable bonds is 3. The topological polar surface area (TPSA) is 45.2 Å². The summed E-state index contributed by atoms with van der Waals surface area (Å²) < 4.78 is 1.13. The fourth-order valence-corrected chi connectivity index (χ4v) is 3.65. The molecule has 1 aromatic heterocycles. The van der Waals surface area contributed by atoms with Crippen molar-refractivity contribution in [3.8, 4) is 0 Å². The third-order valence-electron chi connectivity index (χ3n) is 3.87. The summed E-state index contributed by atoms with van der Waals surface area (Å²) in [6, 6.07) is 16.1. The molecule has 0 saturated carbocycles. The molecule has 1 N–H and O–H groups in total. The van der Waals surface area contributed by atoms with Gasteiger partial charge in [-0.15, -0.1) is 0 Å². The second-order valence-corrected chi connectivity index (χ2v) is 6.30. The molecule has 0 unspecified atom stereocenters. The zero-order valence-corrected chi connectivity index (χ0v) is 12.8. The number of hydrogen-bond acceptors (Lipinski definition) is 4. The molecule has 0 bridgehead atoms. The first-order valence-electron chi connectivity index (χ1n) is 7.29. The molecule has 22 heavy (non-hydrogen) atoms. The fourth-order valence-electron chi connectivity index (χ4n) is 2.79. The molecule has 1 aliphatic heterocycles. The van der Waals surface area contributed by atoms with Gasteiger partial charge in [0.1, 0.15) is 0 Å². The molecule has 4 rings (SSSR count). The number of nitrogens with one attached hydrogen (secondary N) is 1. The molecular weight excluding hydrogens is 294 g/mol. The van der Waals surface area contributed by atoms with Gasteiger partial charge >= 0.3 is 0 Å². The second-order valence-electron chi connectivity index (χ2n) is 5.26. The molecule has 5 heteroatoms. The van der Waals surface area contributed by atoms with E-state index in [2.05, 4.69) is 16.4 Å². The van der Waals surface area contributed by atoms with Crippen LogP contribution >= 0.6 is 11.3 Å². The molecule has 2 heterocycles. The number of para-hydroxylation sites is 2. The lowest BCUT2D eigenvalue weighted by Gasteiger charge is -2.17. The highest BCUT2D eigenvalue weighted by molar-refractivity contribution is 7.22. The normalized spacial score (nSPS) is 13.4. The summed E-state index contributed by atoms with van der Waals surface area (Å²) in [5.74, 6) is 0.0872. The lowest BCUT2D eigenvalue weighted by Crippen LogP contribution is -2.34. The van der Waals surface area contributed by atoms with Gasteiger partial charge in [0, 0.05) is 12.2 Å². The number of hydrogen-bond donors (Lipinski definition) is 1. The third kappa shape index (κ3) is 2.33. The number of fused-ring (bicyclic) bond motifs is 2. The Hall–Kier alpha value is -2.40. The van der Waals surface area contributed by atoms with E-state index in [1.54, 1.807) is 11.3 Å². The van der Waals surface area contributed by atoms with Crippen LogP contribution in [-0.2, 0) is 11.2 Å². The molecular formula is C17H15N3OS. The Morgan fingerprint density at radius 1 is 1.18 bits per heavy atom. The molecule has 1 aliphatic rings. The van der Waals surface area contributed by atoms with Gasteiger partial charge in [-0.2, -0.15) is 0 Å². The van der Waals surface area contributed by atoms with Crippen LogP contribution in [0.15, 0.2) is 48.5 Å². The summed E-state index contributed by atoms with van der Waals surface area (Å²) >= 11 is 1.57. The zero-order chi connectivity index (χ0) is 14.9. The summed E-state index contributed by atoms with van der Waals surface area (Å²) in [7, 11) is 0. The van der Waals surface area contributed by atoms with Crippen LogP contribution in [-0.4, -0.2) is 24.0 Å². The maximum absolute atomic E-state index is 12.4. The largest absolute Gasteiger partial charge is 0.352 e. The lowest BCUT2D eigenvalue weighted by molar-refractivity contribution is -0.116. The van der Waals surface area contributed by atoms with E-state index in [1.165, 1.54) is 5.56 Å². The Balaban J connectivity index is 1.47. The van der Waals surface area contributed by atoms with Gasteiger partial charge in [-0.1, -0.05) is 41.7 Å². The van der Waals surface area contributed by atoms with Crippen molar-refractivity contribution in [1.82, 2.24) is 4.98 Å². The molecule has 0 radical (unpaired) electrons. The quantitative estimate of drug-likeness (QED) is 0.807. The molecule has 0 spiro atoms. The molecule has 0 aliphatic carbocycles. The number of amides is 1. The maximum atomic E-state index is 12.4. The first-order chi connectivity index (χ1) is 10.8. The molecule has 3 aromatic rings. The molecule has 0 fully saturated rings. The van der Waals surface area contributed by atoms with Crippen molar-refractivity contribution in [3.05, 3.63) is 54.1 Å². The number of aromatic nitrogens is 1. The Labute approximate surface area is 132 Å². The van der Waals surface area contributed by atoms with Gasteiger partial charge in [-0.25, -0.2) is 4.98 Å². The van der Waals surface area contributed by atoms with Crippen molar-refractivity contribution < 1.29 is 4.79 Å². The van der Waals surface area contributed by atoms with Crippen molar-refractivity contribution in [3.63, 3.8) is 0 Å². The third-order valence-corrected chi connectivity index (χ3v) is 4.87. The van der Waals surface area contributed by atoms with Crippen LogP contribution in [0, 0.1) is 0 Å². The highest BCUT2D eigenvalue weighted by Crippen LogP contribution is 2.28. The van der Waals surface area contributed by atoms with Gasteiger partial charge in [-0.3, -0.25) is 4.79 Å². The van der Waals surface area contributed by atoms with E-state index >= 15 is 0 Å². The van der Waals surface area contributed by atoms with Crippen LogP contribution in [0.2, 0.25) is 0 Å². The highest BCUT2D eigenvalue weighted by atomic mass is 32.1. The van der Waals surface area contributed by atoms with Crippen LogP contribution in [0.25, 0.3) is 10.2 Å². The average molecular weight is 309 g/mol. The molecule has 0 saturated heterocycles. The Morgan fingerprint density at radius 3 is 2.91 bits per heavy atom. The van der Waals surface area contributed by atoms with Gasteiger partial charge < -0.3 is 10.2 Å². The fraction of sp³-hybridized carbons (Fsp3) is 0.176. The smallest absolute Gasteiger partial charge is 0.246 e. The number of carbonyl (C=O) groups excluding carboxylic acids is 1. The summed E-state index contributed by atoms with van der Waals surface area (Å²) in [5.41, 5.74) is 3.25. The van der Waals surface area contributed by atoms with E-state index < -0.39 is 0 Å². The van der Waals surface area contributed by atoms with E-state index in [9.17, 15) is 4.79 Å². The Morgan fingerprint density at radius 2 is 2.00 bits per heavy atom. The molecule has 110 valence electrons. The van der Waals surface area contributed by atoms with Crippen molar-refractivity contribution in [2.45, 2.75) is 6.42 Å². The summed E-state index contributed by atoms with van der Waals surface area (Å²) in [6.45, 7) is 1.04. The number of benzene rings is 2. The second kappa shape index (κ2) is 5.42. The minimum absolute atomic E-state index is 0.0872. The summed E-state index contributed by atoms with van der Waals surface area (Å²) in [6.07, 6.45) is 0.934. The molecule has 0 atom stereocenters. The number of nitrogens with zero attached hydrogens (tertiary/aromatic N) is 2. The van der Waals surface area contributed by atoms with E-state index in [0.717, 1.165) is 34.0 Å². The zero-order valence-electron chi connectivity index (χ0n) is 12.0. The number of carbonyl (C=O) groups is 1. The van der Waals surface area contributed by atoms with Crippen LogP contribution in [0.3, 0.4) is 0 Å². The van der Waals surface area contributed by atoms with Crippen LogP contribution in [0.5, 0.6) is 0 Å². The van der Waals surface area contributed by atoms with Gasteiger partial charge in [0.05, 0.1) is 16.8 Å². The first-order valence-corrected chi connectivity index (χ1v) is 8.10. The van der Waals surface area contributed by atoms with E-state index in [1.807, 2.05) is 47.4 Å². The Bertz CT molecular complexity index is 810. The average Bonchev–Trinajstić information content (AvgIpc) is 3.16. The molecule has 4 nitrogen and oxygen atoms in total. The molecule has 1 amide bonds. The van der Waals surface area contributed by atoms with E-state index in [4.69, 9.17) is 0 Å². The predicted molar refractivity (Wildman–Crippen MR) is 90.6 cm³/mol. The number of thiazole rings is 1. The van der Waals surface area contributed by atoms with E-state index in [0.29, 0.717) is 0 Å². The van der Waals surface area contributed by atoms with Gasteiger partial charge in [-0.05, 0) is 30.2 Å². The first kappa shape index (κ1) is 13.3. The monoisotopic (exact) mass is 309 g/mol. The number of anilines is 2. The summed E-state index contributed by atoms with van der Waals surface area (Å²) in [4.78, 5) is 18.8. The Kier molecular flexibility index (Phi) is 3.27. The summed E-state index contributed by atoms with van der Waals surface area (Å²) in [5, 5.41) is 3.95. The van der Waals surface area contributed by atoms with Crippen LogP contribution < -0.4 is 10.2 Å². The standard InChI is InChI=1S/C17H15N3OS/c21-16(20-10-9-12-5-1-3-7-14(12)20)11-18-17-19-13-6-2-4-8-15(13)22-17/h1-8H,9-11H2,(H,18,19). The van der Waals surface area contributed by atoms with Crippen molar-refractivity contribution in [2.75, 3.05) is 23.3 Å². The van der Waals surface area contributed by atoms with Crippen LogP contribution in [0.1, 0.15) is 5.56 Å². The van der Waals surface area contributed by atoms with Crippen molar-refractivity contribution in [2.24, 2.45) is 0 Å². The maximum Gasteiger partial charge on any atom is 0.246 e. The minimum Gasteiger partial charge on any atom is -0.352 e. The van der Waals surface area contributed by atoms with Crippen molar-refractivity contribution in [1.29, 1.82) is 0 Å². The van der Waals surface area contributed by atoms with E-state index in [-0.39, 0.29) is 12.5 Å². The minimum atomic E-state index is 0.0872. The highest BCUT2D eigenvalue weighted by Gasteiger charge is 2.23. The van der Waals surface area contributed by atoms with Gasteiger partial charge in [0.25, 0.3) is 0 Å².